The van der Waals surface area contributed by atoms with Gasteiger partial charge in [-0.15, -0.1) is 0 Å². The second kappa shape index (κ2) is 7.02. The van der Waals surface area contributed by atoms with Crippen LogP contribution in [0.2, 0.25) is 0 Å². The van der Waals surface area contributed by atoms with E-state index >= 15 is 0 Å². The number of nitrogens with two attached hydrogens (primary N) is 1. The lowest BCUT2D eigenvalue weighted by Gasteiger charge is -2.50. The zero-order valence-electron chi connectivity index (χ0n) is 13.4. The van der Waals surface area contributed by atoms with Gasteiger partial charge in [-0.25, -0.2) is 0 Å². The van der Waals surface area contributed by atoms with E-state index in [-0.39, 0.29) is 18.7 Å². The predicted octanol–water partition coefficient (Wildman–Crippen LogP) is 1.14. The van der Waals surface area contributed by atoms with Crippen molar-refractivity contribution in [3.8, 4) is 0 Å². The van der Waals surface area contributed by atoms with Crippen LogP contribution in [0.25, 0.3) is 0 Å². The third-order valence-corrected chi connectivity index (χ3v) is 4.77. The highest BCUT2D eigenvalue weighted by atomic mass is 16.3. The first-order valence-corrected chi connectivity index (χ1v) is 7.56. The molecule has 2 atom stereocenters. The van der Waals surface area contributed by atoms with E-state index in [0.717, 1.165) is 13.0 Å². The molecule has 1 aliphatic carbocycles. The summed E-state index contributed by atoms with van der Waals surface area (Å²) in [6.07, 6.45) is 4.78. The molecule has 3 N–H and O–H groups in total. The van der Waals surface area contributed by atoms with E-state index in [9.17, 15) is 5.11 Å². The first-order valence-electron chi connectivity index (χ1n) is 7.56. The second-order valence-electron chi connectivity index (χ2n) is 6.93. The monoisotopic (exact) mass is 271 g/mol. The molecule has 0 saturated heterocycles. The number of likely N-dealkylation sites (N-methyl/N-ethyl adjacent to an activating group) is 2. The lowest BCUT2D eigenvalue weighted by molar-refractivity contribution is 0.00207. The van der Waals surface area contributed by atoms with Crippen LogP contribution >= 0.6 is 0 Å². The molecule has 1 saturated carbocycles. The quantitative estimate of drug-likeness (QED) is 0.695. The van der Waals surface area contributed by atoms with Gasteiger partial charge in [0.05, 0.1) is 6.61 Å². The van der Waals surface area contributed by atoms with E-state index in [1.165, 1.54) is 19.3 Å². The zero-order chi connectivity index (χ0) is 14.6. The Balaban J connectivity index is 2.60. The van der Waals surface area contributed by atoms with E-state index in [4.69, 9.17) is 5.73 Å². The number of nitrogens with zero attached hydrogens (tertiary/aromatic N) is 2. The molecular weight excluding hydrogens is 238 g/mol. The van der Waals surface area contributed by atoms with Gasteiger partial charge in [0, 0.05) is 24.2 Å². The third-order valence-electron chi connectivity index (χ3n) is 4.77. The topological polar surface area (TPSA) is 52.7 Å². The molecule has 1 rings (SSSR count). The summed E-state index contributed by atoms with van der Waals surface area (Å²) in [6, 6.07) is 0.120. The summed E-state index contributed by atoms with van der Waals surface area (Å²) in [5.74, 6) is 0.573. The summed E-state index contributed by atoms with van der Waals surface area (Å²) in [5, 5.41) is 9.67. The molecule has 19 heavy (non-hydrogen) atoms. The largest absolute Gasteiger partial charge is 0.395 e. The fraction of sp³-hybridized carbons (Fsp3) is 1.00. The average Bonchev–Trinajstić information content (AvgIpc) is 2.22. The molecular formula is C15H33N3O. The molecule has 0 aromatic heterocycles. The van der Waals surface area contributed by atoms with Crippen LogP contribution in [0, 0.1) is 5.92 Å². The van der Waals surface area contributed by atoms with E-state index in [1.54, 1.807) is 0 Å². The molecule has 0 amide bonds. The van der Waals surface area contributed by atoms with Crippen molar-refractivity contribution in [3.05, 3.63) is 0 Å². The van der Waals surface area contributed by atoms with Gasteiger partial charge in [0.1, 0.15) is 0 Å². The lowest BCUT2D eigenvalue weighted by atomic mass is 9.75. The van der Waals surface area contributed by atoms with Gasteiger partial charge >= 0.3 is 0 Å². The predicted molar refractivity (Wildman–Crippen MR) is 81.2 cm³/mol. The van der Waals surface area contributed by atoms with Crippen molar-refractivity contribution in [1.29, 1.82) is 0 Å². The van der Waals surface area contributed by atoms with Gasteiger partial charge in [-0.2, -0.15) is 0 Å². The minimum absolute atomic E-state index is 0.0503. The summed E-state index contributed by atoms with van der Waals surface area (Å²) in [7, 11) is 6.43. The van der Waals surface area contributed by atoms with Crippen molar-refractivity contribution in [2.45, 2.75) is 57.2 Å². The fourth-order valence-electron chi connectivity index (χ4n) is 3.22. The van der Waals surface area contributed by atoms with Crippen molar-refractivity contribution in [2.75, 3.05) is 34.3 Å². The average molecular weight is 271 g/mol. The van der Waals surface area contributed by atoms with Gasteiger partial charge in [0.15, 0.2) is 0 Å². The van der Waals surface area contributed by atoms with Crippen LogP contribution in [0.3, 0.4) is 0 Å². The van der Waals surface area contributed by atoms with Crippen LogP contribution < -0.4 is 5.73 Å². The number of rotatable bonds is 8. The molecule has 4 heteroatoms. The van der Waals surface area contributed by atoms with E-state index in [1.807, 2.05) is 0 Å². The number of aliphatic hydroxyl groups is 1. The van der Waals surface area contributed by atoms with Gasteiger partial charge in [-0.3, -0.25) is 4.90 Å². The molecule has 0 heterocycles. The SMILES string of the molecule is CC(C)CC(N)C(CO)N(C)CC1(N(C)C)CCC1. The third kappa shape index (κ3) is 4.15. The van der Waals surface area contributed by atoms with Gasteiger partial charge in [-0.1, -0.05) is 13.8 Å². The maximum Gasteiger partial charge on any atom is 0.0601 e. The Hall–Kier alpha value is -0.160. The van der Waals surface area contributed by atoms with Crippen molar-refractivity contribution in [2.24, 2.45) is 11.7 Å². The van der Waals surface area contributed by atoms with Crippen molar-refractivity contribution in [3.63, 3.8) is 0 Å². The first kappa shape index (κ1) is 16.9. The van der Waals surface area contributed by atoms with Crippen LogP contribution in [-0.4, -0.2) is 66.8 Å². The molecule has 114 valence electrons. The van der Waals surface area contributed by atoms with E-state index < -0.39 is 0 Å². The summed E-state index contributed by atoms with van der Waals surface area (Å²) < 4.78 is 0. The molecule has 0 spiro atoms. The highest BCUT2D eigenvalue weighted by Crippen LogP contribution is 2.37. The van der Waals surface area contributed by atoms with Crippen molar-refractivity contribution in [1.82, 2.24) is 9.80 Å². The van der Waals surface area contributed by atoms with E-state index in [0.29, 0.717) is 11.5 Å². The molecule has 0 aliphatic heterocycles. The highest BCUT2D eigenvalue weighted by Gasteiger charge is 2.41. The van der Waals surface area contributed by atoms with Crippen LogP contribution in [-0.2, 0) is 0 Å². The maximum absolute atomic E-state index is 9.67. The summed E-state index contributed by atoms with van der Waals surface area (Å²) in [5.41, 5.74) is 6.56. The van der Waals surface area contributed by atoms with Gasteiger partial charge in [-0.05, 0) is 52.7 Å². The first-order chi connectivity index (χ1) is 8.82. The lowest BCUT2D eigenvalue weighted by Crippen LogP contribution is -2.60. The van der Waals surface area contributed by atoms with Crippen molar-refractivity contribution >= 4 is 0 Å². The Morgan fingerprint density at radius 2 is 1.79 bits per heavy atom. The number of aliphatic hydroxyl groups excluding tert-OH is 1. The van der Waals surface area contributed by atoms with Crippen LogP contribution in [0.1, 0.15) is 39.5 Å². The van der Waals surface area contributed by atoms with Gasteiger partial charge in [0.25, 0.3) is 0 Å². The standard InChI is InChI=1S/C15H33N3O/c1-12(2)9-13(16)14(10-19)18(5)11-15(17(3)4)7-6-8-15/h12-14,19H,6-11,16H2,1-5H3. The molecule has 0 aromatic rings. The summed E-state index contributed by atoms with van der Waals surface area (Å²) in [6.45, 7) is 5.51. The summed E-state index contributed by atoms with van der Waals surface area (Å²) >= 11 is 0. The smallest absolute Gasteiger partial charge is 0.0601 e. The van der Waals surface area contributed by atoms with E-state index in [2.05, 4.69) is 44.8 Å². The number of hydrogen-bond acceptors (Lipinski definition) is 4. The summed E-state index contributed by atoms with van der Waals surface area (Å²) in [4.78, 5) is 4.61. The Morgan fingerprint density at radius 1 is 1.21 bits per heavy atom. The second-order valence-corrected chi connectivity index (χ2v) is 6.93. The van der Waals surface area contributed by atoms with Gasteiger partial charge in [0.2, 0.25) is 0 Å². The zero-order valence-corrected chi connectivity index (χ0v) is 13.4. The molecule has 1 fully saturated rings. The Labute approximate surface area is 118 Å². The molecule has 0 aromatic carbocycles. The number of hydrogen-bond donors (Lipinski definition) is 2. The highest BCUT2D eigenvalue weighted by molar-refractivity contribution is 4.99. The molecule has 2 unspecified atom stereocenters. The Morgan fingerprint density at radius 3 is 2.11 bits per heavy atom. The molecule has 4 nitrogen and oxygen atoms in total. The minimum atomic E-state index is 0.0503. The van der Waals surface area contributed by atoms with Crippen molar-refractivity contribution < 1.29 is 5.11 Å². The van der Waals surface area contributed by atoms with Crippen LogP contribution in [0.4, 0.5) is 0 Å². The maximum atomic E-state index is 9.67. The molecule has 0 bridgehead atoms. The van der Waals surface area contributed by atoms with Crippen LogP contribution in [0.15, 0.2) is 0 Å². The Bertz CT molecular complexity index is 264. The molecule has 0 radical (unpaired) electrons. The molecule has 1 aliphatic rings. The minimum Gasteiger partial charge on any atom is -0.395 e. The normalized spacial score (nSPS) is 21.8. The fourth-order valence-corrected chi connectivity index (χ4v) is 3.22. The van der Waals surface area contributed by atoms with Gasteiger partial charge < -0.3 is 15.7 Å². The van der Waals surface area contributed by atoms with Crippen LogP contribution in [0.5, 0.6) is 0 Å². The Kier molecular flexibility index (Phi) is 6.24.